The van der Waals surface area contributed by atoms with Crippen LogP contribution in [0.4, 0.5) is 8.78 Å². The number of hydrogen-bond donors (Lipinski definition) is 1. The molecule has 0 aliphatic heterocycles. The molecule has 1 unspecified atom stereocenters. The van der Waals surface area contributed by atoms with Crippen LogP contribution < -0.4 is 0 Å². The largest absolute Gasteiger partial charge is 0.383 e. The molecule has 18 heavy (non-hydrogen) atoms. The average Bonchev–Trinajstić information content (AvgIpc) is 2.63. The van der Waals surface area contributed by atoms with Crippen molar-refractivity contribution in [3.8, 4) is 0 Å². The van der Waals surface area contributed by atoms with Gasteiger partial charge in [0.1, 0.15) is 17.7 Å². The average molecular weight is 398 g/mol. The standard InChI is InChI=1S/C12H8Br2F2OS/c1-5-2-3-7(15)9(10(5)16)11(17)6-4-8(13)18-12(6)14/h2-4,11,17H,1H3. The number of aliphatic hydroxyl groups excluding tert-OH is 1. The van der Waals surface area contributed by atoms with Crippen molar-refractivity contribution in [3.05, 3.63) is 54.1 Å². The lowest BCUT2D eigenvalue weighted by Crippen LogP contribution is -2.06. The molecule has 0 aliphatic carbocycles. The number of halogens is 4. The van der Waals surface area contributed by atoms with E-state index >= 15 is 0 Å². The zero-order chi connectivity index (χ0) is 13.4. The van der Waals surface area contributed by atoms with E-state index in [1.54, 1.807) is 6.07 Å². The Labute approximate surface area is 124 Å². The first-order valence-corrected chi connectivity index (χ1v) is 7.39. The fourth-order valence-electron chi connectivity index (χ4n) is 1.62. The maximum atomic E-state index is 13.9. The number of rotatable bonds is 2. The predicted octanol–water partition coefficient (Wildman–Crippen LogP) is 4.94. The molecule has 0 fully saturated rings. The van der Waals surface area contributed by atoms with Crippen LogP contribution in [0, 0.1) is 18.6 Å². The highest BCUT2D eigenvalue weighted by atomic mass is 79.9. The summed E-state index contributed by atoms with van der Waals surface area (Å²) < 4.78 is 29.0. The Morgan fingerprint density at radius 3 is 2.50 bits per heavy atom. The monoisotopic (exact) mass is 396 g/mol. The van der Waals surface area contributed by atoms with E-state index in [2.05, 4.69) is 31.9 Å². The number of aryl methyl sites for hydroxylation is 1. The van der Waals surface area contributed by atoms with Crippen LogP contribution in [0.25, 0.3) is 0 Å². The van der Waals surface area contributed by atoms with Gasteiger partial charge in [0, 0.05) is 5.56 Å². The second-order valence-electron chi connectivity index (χ2n) is 3.77. The van der Waals surface area contributed by atoms with E-state index in [0.29, 0.717) is 14.9 Å². The van der Waals surface area contributed by atoms with Crippen LogP contribution in [0.2, 0.25) is 0 Å². The van der Waals surface area contributed by atoms with Gasteiger partial charge in [-0.1, -0.05) is 6.07 Å². The summed E-state index contributed by atoms with van der Waals surface area (Å²) >= 11 is 7.87. The zero-order valence-electron chi connectivity index (χ0n) is 9.18. The maximum absolute atomic E-state index is 13.9. The van der Waals surface area contributed by atoms with Crippen molar-refractivity contribution in [1.82, 2.24) is 0 Å². The summed E-state index contributed by atoms with van der Waals surface area (Å²) in [5, 5.41) is 10.1. The molecule has 2 aromatic rings. The van der Waals surface area contributed by atoms with E-state index < -0.39 is 17.7 Å². The fourth-order valence-corrected chi connectivity index (χ4v) is 4.51. The summed E-state index contributed by atoms with van der Waals surface area (Å²) in [5.74, 6) is -1.46. The summed E-state index contributed by atoms with van der Waals surface area (Å²) in [6, 6.07) is 4.15. The molecular weight excluding hydrogens is 390 g/mol. The molecule has 0 saturated carbocycles. The summed E-state index contributed by atoms with van der Waals surface area (Å²) in [5.41, 5.74) is 0.423. The van der Waals surface area contributed by atoms with Gasteiger partial charge in [-0.3, -0.25) is 0 Å². The quantitative estimate of drug-likeness (QED) is 0.760. The molecule has 0 saturated heterocycles. The molecule has 2 rings (SSSR count). The van der Waals surface area contributed by atoms with Gasteiger partial charge in [-0.05, 0) is 56.5 Å². The SMILES string of the molecule is Cc1ccc(F)c(C(O)c2cc(Br)sc2Br)c1F. The number of benzene rings is 1. The fraction of sp³-hybridized carbons (Fsp3) is 0.167. The van der Waals surface area contributed by atoms with Gasteiger partial charge in [-0.2, -0.15) is 0 Å². The van der Waals surface area contributed by atoms with Crippen molar-refractivity contribution >= 4 is 43.2 Å². The Kier molecular flexibility index (Phi) is 4.21. The van der Waals surface area contributed by atoms with Crippen LogP contribution in [-0.2, 0) is 0 Å². The number of aliphatic hydroxyl groups is 1. The van der Waals surface area contributed by atoms with E-state index in [0.717, 1.165) is 9.85 Å². The van der Waals surface area contributed by atoms with Crippen molar-refractivity contribution in [2.45, 2.75) is 13.0 Å². The first-order chi connectivity index (χ1) is 8.41. The van der Waals surface area contributed by atoms with Gasteiger partial charge in [0.2, 0.25) is 0 Å². The van der Waals surface area contributed by atoms with Crippen LogP contribution in [0.15, 0.2) is 25.8 Å². The zero-order valence-corrected chi connectivity index (χ0v) is 13.2. The highest BCUT2D eigenvalue weighted by Gasteiger charge is 2.24. The van der Waals surface area contributed by atoms with Gasteiger partial charge in [-0.15, -0.1) is 11.3 Å². The van der Waals surface area contributed by atoms with Crippen molar-refractivity contribution in [2.24, 2.45) is 0 Å². The molecule has 0 bridgehead atoms. The Morgan fingerprint density at radius 1 is 1.28 bits per heavy atom. The van der Waals surface area contributed by atoms with Crippen molar-refractivity contribution < 1.29 is 13.9 Å². The lowest BCUT2D eigenvalue weighted by Gasteiger charge is -2.13. The minimum atomic E-state index is -1.33. The van der Waals surface area contributed by atoms with Gasteiger partial charge in [0.15, 0.2) is 0 Å². The summed E-state index contributed by atoms with van der Waals surface area (Å²) in [4.78, 5) is 0. The van der Waals surface area contributed by atoms with Gasteiger partial charge in [0.25, 0.3) is 0 Å². The van der Waals surface area contributed by atoms with E-state index in [1.807, 2.05) is 0 Å². The molecule has 0 radical (unpaired) electrons. The predicted molar refractivity (Wildman–Crippen MR) is 74.9 cm³/mol. The molecule has 1 N–H and O–H groups in total. The van der Waals surface area contributed by atoms with E-state index in [9.17, 15) is 13.9 Å². The maximum Gasteiger partial charge on any atom is 0.135 e. The second-order valence-corrected chi connectivity index (χ2v) is 7.52. The third-order valence-electron chi connectivity index (χ3n) is 2.57. The normalized spacial score (nSPS) is 12.8. The number of hydrogen-bond acceptors (Lipinski definition) is 2. The second kappa shape index (κ2) is 5.36. The molecule has 0 amide bonds. The molecule has 1 nitrogen and oxygen atoms in total. The molecule has 0 spiro atoms. The topological polar surface area (TPSA) is 20.2 Å². The molecule has 0 aliphatic rings. The Hall–Kier alpha value is -0.300. The molecule has 1 atom stereocenters. The van der Waals surface area contributed by atoms with Gasteiger partial charge in [0.05, 0.1) is 13.1 Å². The molecular formula is C12H8Br2F2OS. The van der Waals surface area contributed by atoms with Gasteiger partial charge < -0.3 is 5.11 Å². The molecule has 1 aromatic heterocycles. The highest BCUT2D eigenvalue weighted by Crippen LogP contribution is 2.39. The minimum absolute atomic E-state index is 0.302. The van der Waals surface area contributed by atoms with Crippen LogP contribution in [-0.4, -0.2) is 5.11 Å². The summed E-state index contributed by atoms with van der Waals surface area (Å²) in [7, 11) is 0. The van der Waals surface area contributed by atoms with Crippen molar-refractivity contribution in [3.63, 3.8) is 0 Å². The molecule has 6 heteroatoms. The van der Waals surface area contributed by atoms with Crippen LogP contribution in [0.3, 0.4) is 0 Å². The third kappa shape index (κ3) is 2.52. The smallest absolute Gasteiger partial charge is 0.135 e. The van der Waals surface area contributed by atoms with Gasteiger partial charge in [-0.25, -0.2) is 8.78 Å². The molecule has 1 aromatic carbocycles. The van der Waals surface area contributed by atoms with Crippen molar-refractivity contribution in [1.29, 1.82) is 0 Å². The summed E-state index contributed by atoms with van der Waals surface area (Å²) in [6.45, 7) is 1.53. The Balaban J connectivity index is 2.56. The van der Waals surface area contributed by atoms with Crippen LogP contribution in [0.5, 0.6) is 0 Å². The lowest BCUT2D eigenvalue weighted by atomic mass is 10.0. The first-order valence-electron chi connectivity index (χ1n) is 4.99. The highest BCUT2D eigenvalue weighted by molar-refractivity contribution is 9.12. The van der Waals surface area contributed by atoms with Crippen molar-refractivity contribution in [2.75, 3.05) is 0 Å². The van der Waals surface area contributed by atoms with Gasteiger partial charge >= 0.3 is 0 Å². The Morgan fingerprint density at radius 2 is 1.94 bits per heavy atom. The Bertz CT molecular complexity index is 598. The molecule has 1 heterocycles. The van der Waals surface area contributed by atoms with Crippen LogP contribution >= 0.6 is 43.2 Å². The van der Waals surface area contributed by atoms with E-state index in [-0.39, 0.29) is 5.56 Å². The van der Waals surface area contributed by atoms with E-state index in [1.165, 1.54) is 24.3 Å². The molecule has 96 valence electrons. The minimum Gasteiger partial charge on any atom is -0.383 e. The number of thiophene rings is 1. The summed E-state index contributed by atoms with van der Waals surface area (Å²) in [6.07, 6.45) is -1.33. The third-order valence-corrected chi connectivity index (χ3v) is 4.96. The lowest BCUT2D eigenvalue weighted by molar-refractivity contribution is 0.208. The van der Waals surface area contributed by atoms with E-state index in [4.69, 9.17) is 0 Å². The first kappa shape index (κ1) is 14.1. The van der Waals surface area contributed by atoms with Crippen LogP contribution in [0.1, 0.15) is 22.8 Å².